The molecule has 4 aromatic rings. The molecule has 232 valence electrons. The first-order valence-electron chi connectivity index (χ1n) is 14.6. The van der Waals surface area contributed by atoms with Crippen molar-refractivity contribution in [3.8, 4) is 0 Å². The number of non-ortho nitro benzene ring substituents is 1. The van der Waals surface area contributed by atoms with Crippen LogP contribution in [-0.4, -0.2) is 64.5 Å². The number of benzene rings is 2. The molecule has 0 aliphatic carbocycles. The van der Waals surface area contributed by atoms with Crippen LogP contribution in [0.15, 0.2) is 76.5 Å². The summed E-state index contributed by atoms with van der Waals surface area (Å²) in [6, 6.07) is 13.8. The van der Waals surface area contributed by atoms with Gasteiger partial charge in [-0.25, -0.2) is 4.39 Å². The Hall–Kier alpha value is -4.68. The molecule has 2 saturated heterocycles. The van der Waals surface area contributed by atoms with Crippen molar-refractivity contribution in [2.45, 2.75) is 31.8 Å². The van der Waals surface area contributed by atoms with Crippen LogP contribution in [-0.2, 0) is 4.79 Å². The summed E-state index contributed by atoms with van der Waals surface area (Å²) < 4.78 is 20.3. The summed E-state index contributed by atoms with van der Waals surface area (Å²) in [5, 5.41) is 17.0. The summed E-state index contributed by atoms with van der Waals surface area (Å²) >= 11 is 1.38. The smallest absolute Gasteiger partial charge is 0.269 e. The average molecular weight is 631 g/mol. The molecule has 2 aromatic heterocycles. The molecule has 2 aliphatic rings. The highest BCUT2D eigenvalue weighted by Gasteiger charge is 2.59. The Morgan fingerprint density at radius 2 is 1.78 bits per heavy atom. The molecule has 4 heterocycles. The predicted molar refractivity (Wildman–Crippen MR) is 165 cm³/mol. The maximum absolute atomic E-state index is 14.7. The van der Waals surface area contributed by atoms with E-state index in [9.17, 15) is 28.9 Å². The molecule has 2 fully saturated rings. The predicted octanol–water partition coefficient (Wildman–Crippen LogP) is 5.29. The summed E-state index contributed by atoms with van der Waals surface area (Å²) in [6.07, 6.45) is 0. The lowest BCUT2D eigenvalue weighted by Crippen LogP contribution is -2.54. The van der Waals surface area contributed by atoms with Crippen molar-refractivity contribution in [1.82, 2.24) is 15.1 Å². The molecule has 2 aliphatic heterocycles. The van der Waals surface area contributed by atoms with E-state index >= 15 is 0 Å². The minimum atomic E-state index is -1.18. The van der Waals surface area contributed by atoms with Gasteiger partial charge in [-0.2, -0.15) is 0 Å². The van der Waals surface area contributed by atoms with Gasteiger partial charge in [0.15, 0.2) is 5.76 Å². The van der Waals surface area contributed by atoms with Crippen molar-refractivity contribution in [2.24, 2.45) is 5.92 Å². The molecule has 2 aromatic carbocycles. The van der Waals surface area contributed by atoms with E-state index in [4.69, 9.17) is 4.42 Å². The number of hydrogen-bond donors (Lipinski definition) is 1. The summed E-state index contributed by atoms with van der Waals surface area (Å²) in [5.74, 6) is -3.42. The molecule has 10 nitrogen and oxygen atoms in total. The number of hydrogen-bond acceptors (Lipinski definition) is 8. The number of furan rings is 1. The molecule has 0 saturated carbocycles. The first kappa shape index (κ1) is 30.4. The van der Waals surface area contributed by atoms with E-state index in [0.29, 0.717) is 37.5 Å². The molecular weight excluding hydrogens is 599 g/mol. The topological polar surface area (TPSA) is 126 Å². The maximum atomic E-state index is 14.7. The highest BCUT2D eigenvalue weighted by molar-refractivity contribution is 7.10. The second kappa shape index (κ2) is 12.4. The van der Waals surface area contributed by atoms with Gasteiger partial charge in [-0.3, -0.25) is 24.5 Å². The molecule has 4 unspecified atom stereocenters. The lowest BCUT2D eigenvalue weighted by Gasteiger charge is -2.36. The number of carbonyl (C=O) groups excluding carboxylic acids is 3. The fourth-order valence-electron chi connectivity index (χ4n) is 6.54. The second-order valence-electron chi connectivity index (χ2n) is 11.3. The molecule has 2 amide bonds. The number of nitro benzene ring substituents is 1. The van der Waals surface area contributed by atoms with E-state index in [-0.39, 0.29) is 22.9 Å². The zero-order valence-corrected chi connectivity index (χ0v) is 25.5. The number of nitrogens with zero attached hydrogens (tertiary/aromatic N) is 3. The van der Waals surface area contributed by atoms with E-state index in [0.717, 1.165) is 16.5 Å². The van der Waals surface area contributed by atoms with Gasteiger partial charge >= 0.3 is 0 Å². The molecule has 1 N–H and O–H groups in total. The van der Waals surface area contributed by atoms with Crippen LogP contribution in [0.2, 0.25) is 0 Å². The van der Waals surface area contributed by atoms with Crippen molar-refractivity contribution in [1.29, 1.82) is 0 Å². The van der Waals surface area contributed by atoms with Crippen LogP contribution in [0.25, 0.3) is 0 Å². The van der Waals surface area contributed by atoms with Gasteiger partial charge in [0.1, 0.15) is 17.6 Å². The largest absolute Gasteiger partial charge is 0.458 e. The van der Waals surface area contributed by atoms with E-state index in [1.54, 1.807) is 30.0 Å². The Labute approximate surface area is 262 Å². The Morgan fingerprint density at radius 3 is 2.42 bits per heavy atom. The molecular formula is C33H31FN4O6S. The first-order chi connectivity index (χ1) is 21.7. The molecule has 4 atom stereocenters. The molecule has 0 spiro atoms. The SMILES string of the molecule is Cc1ccc(C(=O)C2C(c3sccc3C)C(C(=O)N3CCNCC3)N(C(=O)c3cccc(F)c3)C2c2cccc([N+](=O)[O-])c2)o1. The van der Waals surface area contributed by atoms with Gasteiger partial charge in [0, 0.05) is 54.7 Å². The minimum absolute atomic E-state index is 0.00728. The van der Waals surface area contributed by atoms with Gasteiger partial charge in [-0.15, -0.1) is 11.3 Å². The summed E-state index contributed by atoms with van der Waals surface area (Å²) in [7, 11) is 0. The summed E-state index contributed by atoms with van der Waals surface area (Å²) in [5.41, 5.74) is 0.915. The van der Waals surface area contributed by atoms with Gasteiger partial charge in [0.05, 0.1) is 16.9 Å². The van der Waals surface area contributed by atoms with Crippen LogP contribution >= 0.6 is 11.3 Å². The number of thiophene rings is 1. The zero-order chi connectivity index (χ0) is 31.8. The summed E-state index contributed by atoms with van der Waals surface area (Å²) in [6.45, 7) is 5.50. The van der Waals surface area contributed by atoms with Gasteiger partial charge in [0.25, 0.3) is 11.6 Å². The number of aryl methyl sites for hydroxylation is 2. The van der Waals surface area contributed by atoms with Gasteiger partial charge in [0.2, 0.25) is 11.7 Å². The Morgan fingerprint density at radius 1 is 1.02 bits per heavy atom. The van der Waals surface area contributed by atoms with Crippen molar-refractivity contribution >= 4 is 34.6 Å². The highest BCUT2D eigenvalue weighted by Crippen LogP contribution is 2.54. The Kier molecular flexibility index (Phi) is 8.34. The van der Waals surface area contributed by atoms with Crippen LogP contribution in [0, 0.1) is 35.7 Å². The van der Waals surface area contributed by atoms with Crippen molar-refractivity contribution < 1.29 is 28.1 Å². The quantitative estimate of drug-likeness (QED) is 0.167. The number of halogens is 1. The zero-order valence-electron chi connectivity index (χ0n) is 24.6. The molecule has 45 heavy (non-hydrogen) atoms. The fraction of sp³-hybridized carbons (Fsp3) is 0.303. The number of rotatable bonds is 7. The number of carbonyl (C=O) groups is 3. The maximum Gasteiger partial charge on any atom is 0.269 e. The number of piperazine rings is 1. The minimum Gasteiger partial charge on any atom is -0.458 e. The molecule has 0 radical (unpaired) electrons. The normalized spacial score (nSPS) is 21.6. The number of nitro groups is 1. The average Bonchev–Trinajstić information content (AvgIpc) is 3.77. The number of nitrogens with one attached hydrogen (secondary N) is 1. The van der Waals surface area contributed by atoms with E-state index in [2.05, 4.69) is 5.32 Å². The molecule has 0 bridgehead atoms. The van der Waals surface area contributed by atoms with E-state index < -0.39 is 46.4 Å². The third-order valence-corrected chi connectivity index (χ3v) is 9.69. The van der Waals surface area contributed by atoms with Crippen LogP contribution in [0.3, 0.4) is 0 Å². The van der Waals surface area contributed by atoms with Crippen LogP contribution in [0.1, 0.15) is 54.6 Å². The molecule has 6 rings (SSSR count). The van der Waals surface area contributed by atoms with Gasteiger partial charge < -0.3 is 19.5 Å². The highest BCUT2D eigenvalue weighted by atomic mass is 32.1. The fourth-order valence-corrected chi connectivity index (χ4v) is 7.65. The third kappa shape index (κ3) is 5.67. The standard InChI is InChI=1S/C33H31FN4O6S/c1-19-11-16-45-31(19)27-26(30(39)25-10-9-20(2)44-25)28(21-5-4-8-24(18-21)38(42)43)37(32(40)22-6-3-7-23(34)17-22)29(27)33(41)36-14-12-35-13-15-36/h3-11,16-18,26-29,35H,12-15H2,1-2H3. The van der Waals surface area contributed by atoms with Crippen molar-refractivity contribution in [2.75, 3.05) is 26.2 Å². The van der Waals surface area contributed by atoms with Crippen molar-refractivity contribution in [3.05, 3.63) is 121 Å². The lowest BCUT2D eigenvalue weighted by molar-refractivity contribution is -0.385. The monoisotopic (exact) mass is 630 g/mol. The summed E-state index contributed by atoms with van der Waals surface area (Å²) in [4.78, 5) is 59.1. The van der Waals surface area contributed by atoms with Gasteiger partial charge in [-0.1, -0.05) is 18.2 Å². The number of ketones is 1. The Bertz CT molecular complexity index is 1780. The Balaban J connectivity index is 1.64. The number of amides is 2. The lowest BCUT2D eigenvalue weighted by atomic mass is 9.78. The van der Waals surface area contributed by atoms with E-state index in [1.165, 1.54) is 52.6 Å². The third-order valence-electron chi connectivity index (χ3n) is 8.57. The van der Waals surface area contributed by atoms with Crippen LogP contribution in [0.4, 0.5) is 10.1 Å². The van der Waals surface area contributed by atoms with E-state index in [1.807, 2.05) is 18.4 Å². The van der Waals surface area contributed by atoms with Crippen molar-refractivity contribution in [3.63, 3.8) is 0 Å². The number of likely N-dealkylation sites (tertiary alicyclic amines) is 1. The van der Waals surface area contributed by atoms with Crippen LogP contribution in [0.5, 0.6) is 0 Å². The number of Topliss-reactive ketones (excluding diaryl/α,β-unsaturated/α-hetero) is 1. The van der Waals surface area contributed by atoms with Gasteiger partial charge in [-0.05, 0) is 66.8 Å². The first-order valence-corrected chi connectivity index (χ1v) is 15.5. The van der Waals surface area contributed by atoms with Crippen LogP contribution < -0.4 is 5.32 Å². The second-order valence-corrected chi connectivity index (χ2v) is 12.3. The molecule has 12 heteroatoms.